The van der Waals surface area contributed by atoms with Crippen molar-refractivity contribution < 1.29 is 4.79 Å². The molecule has 110 valence electrons. The Morgan fingerprint density at radius 1 is 1.33 bits per heavy atom. The molecule has 0 fully saturated rings. The fourth-order valence-electron chi connectivity index (χ4n) is 1.62. The summed E-state index contributed by atoms with van der Waals surface area (Å²) in [6, 6.07) is 7.94. The molecule has 0 radical (unpaired) electrons. The van der Waals surface area contributed by atoms with E-state index in [1.165, 1.54) is 23.0 Å². The van der Waals surface area contributed by atoms with Crippen LogP contribution in [0.2, 0.25) is 0 Å². The lowest BCUT2D eigenvalue weighted by Crippen LogP contribution is -2.07. The summed E-state index contributed by atoms with van der Waals surface area (Å²) >= 11 is 7.01. The lowest BCUT2D eigenvalue weighted by molar-refractivity contribution is -0.111. The van der Waals surface area contributed by atoms with E-state index in [1.807, 2.05) is 31.2 Å². The monoisotopic (exact) mass is 321 g/mol. The molecule has 1 amide bonds. The third kappa shape index (κ3) is 5.28. The number of halogens is 1. The predicted octanol–water partition coefficient (Wildman–Crippen LogP) is 3.67. The minimum atomic E-state index is -0.212. The van der Waals surface area contributed by atoms with Crippen LogP contribution in [0.4, 0.5) is 5.13 Å². The molecule has 0 saturated heterocycles. The average molecular weight is 322 g/mol. The summed E-state index contributed by atoms with van der Waals surface area (Å²) in [6.07, 6.45) is 4.91. The SMILES string of the molecule is Cc1ccc(/C=C/C(=O)Nc2nnc(CCCCl)s2)cc1. The van der Waals surface area contributed by atoms with Crippen molar-refractivity contribution in [1.29, 1.82) is 0 Å². The molecule has 1 aromatic heterocycles. The van der Waals surface area contributed by atoms with Gasteiger partial charge in [0.15, 0.2) is 0 Å². The highest BCUT2D eigenvalue weighted by molar-refractivity contribution is 7.15. The predicted molar refractivity (Wildman–Crippen MR) is 87.8 cm³/mol. The van der Waals surface area contributed by atoms with Crippen molar-refractivity contribution in [2.75, 3.05) is 11.2 Å². The van der Waals surface area contributed by atoms with Gasteiger partial charge in [0.25, 0.3) is 0 Å². The van der Waals surface area contributed by atoms with E-state index < -0.39 is 0 Å². The maximum atomic E-state index is 11.8. The second-order valence-electron chi connectivity index (χ2n) is 4.53. The summed E-state index contributed by atoms with van der Waals surface area (Å²) in [5.41, 5.74) is 2.17. The van der Waals surface area contributed by atoms with Gasteiger partial charge in [-0.1, -0.05) is 41.2 Å². The number of rotatable bonds is 6. The van der Waals surface area contributed by atoms with Crippen LogP contribution in [0.1, 0.15) is 22.6 Å². The van der Waals surface area contributed by atoms with Gasteiger partial charge in [0.1, 0.15) is 5.01 Å². The third-order valence-electron chi connectivity index (χ3n) is 2.73. The van der Waals surface area contributed by atoms with Crippen LogP contribution in [0, 0.1) is 6.92 Å². The van der Waals surface area contributed by atoms with Gasteiger partial charge in [0.2, 0.25) is 11.0 Å². The fraction of sp³-hybridized carbons (Fsp3) is 0.267. The molecule has 2 aromatic rings. The third-order valence-corrected chi connectivity index (χ3v) is 3.89. The molecule has 0 atom stereocenters. The molecule has 0 bridgehead atoms. The molecule has 6 heteroatoms. The first kappa shape index (κ1) is 15.7. The number of aryl methyl sites for hydroxylation is 2. The fourth-order valence-corrected chi connectivity index (χ4v) is 2.54. The number of alkyl halides is 1. The van der Waals surface area contributed by atoms with E-state index in [4.69, 9.17) is 11.6 Å². The number of carbonyl (C=O) groups excluding carboxylic acids is 1. The number of benzene rings is 1. The second-order valence-corrected chi connectivity index (χ2v) is 5.97. The second kappa shape index (κ2) is 7.90. The molecule has 1 aromatic carbocycles. The zero-order chi connectivity index (χ0) is 15.1. The number of hydrogen-bond donors (Lipinski definition) is 1. The Balaban J connectivity index is 1.89. The number of aromatic nitrogens is 2. The van der Waals surface area contributed by atoms with Crippen LogP contribution in [0.5, 0.6) is 0 Å². The van der Waals surface area contributed by atoms with E-state index in [0.29, 0.717) is 11.0 Å². The molecule has 0 spiro atoms. The molecule has 0 aliphatic heterocycles. The summed E-state index contributed by atoms with van der Waals surface area (Å²) in [5.74, 6) is 0.385. The van der Waals surface area contributed by atoms with Gasteiger partial charge in [-0.05, 0) is 25.0 Å². The maximum absolute atomic E-state index is 11.8. The summed E-state index contributed by atoms with van der Waals surface area (Å²) in [5, 5.41) is 12.0. The van der Waals surface area contributed by atoms with Crippen LogP contribution in [-0.4, -0.2) is 22.0 Å². The molecular formula is C15H16ClN3OS. The van der Waals surface area contributed by atoms with Crippen molar-refractivity contribution >= 4 is 40.1 Å². The van der Waals surface area contributed by atoms with E-state index in [-0.39, 0.29) is 5.91 Å². The van der Waals surface area contributed by atoms with Crippen molar-refractivity contribution in [2.24, 2.45) is 0 Å². The highest BCUT2D eigenvalue weighted by Crippen LogP contribution is 2.16. The summed E-state index contributed by atoms with van der Waals surface area (Å²) in [6.45, 7) is 2.03. The molecule has 2 rings (SSSR count). The van der Waals surface area contributed by atoms with Gasteiger partial charge in [-0.2, -0.15) is 0 Å². The van der Waals surface area contributed by atoms with Crippen molar-refractivity contribution in [3.05, 3.63) is 46.5 Å². The molecule has 1 heterocycles. The Kier molecular flexibility index (Phi) is 5.90. The topological polar surface area (TPSA) is 54.9 Å². The Morgan fingerprint density at radius 3 is 2.81 bits per heavy atom. The first-order chi connectivity index (χ1) is 10.2. The van der Waals surface area contributed by atoms with Gasteiger partial charge in [-0.3, -0.25) is 10.1 Å². The van der Waals surface area contributed by atoms with Crippen molar-refractivity contribution in [3.8, 4) is 0 Å². The first-order valence-corrected chi connectivity index (χ1v) is 7.96. The standard InChI is InChI=1S/C15H16ClN3OS/c1-11-4-6-12(7-5-11)8-9-13(20)17-15-19-18-14(21-15)3-2-10-16/h4-9H,2-3,10H2,1H3,(H,17,19,20)/b9-8+. The van der Waals surface area contributed by atoms with Crippen molar-refractivity contribution in [1.82, 2.24) is 10.2 Å². The van der Waals surface area contributed by atoms with Crippen LogP contribution < -0.4 is 5.32 Å². The van der Waals surface area contributed by atoms with Crippen LogP contribution in [0.3, 0.4) is 0 Å². The molecule has 0 saturated carbocycles. The van der Waals surface area contributed by atoms with Gasteiger partial charge in [-0.15, -0.1) is 21.8 Å². The highest BCUT2D eigenvalue weighted by atomic mass is 35.5. The average Bonchev–Trinajstić information content (AvgIpc) is 2.92. The van der Waals surface area contributed by atoms with E-state index >= 15 is 0 Å². The zero-order valence-corrected chi connectivity index (χ0v) is 13.2. The van der Waals surface area contributed by atoms with Gasteiger partial charge >= 0.3 is 0 Å². The highest BCUT2D eigenvalue weighted by Gasteiger charge is 2.05. The Morgan fingerprint density at radius 2 is 2.10 bits per heavy atom. The van der Waals surface area contributed by atoms with E-state index in [0.717, 1.165) is 23.4 Å². The molecule has 4 nitrogen and oxygen atoms in total. The lowest BCUT2D eigenvalue weighted by atomic mass is 10.1. The van der Waals surface area contributed by atoms with E-state index in [9.17, 15) is 4.79 Å². The lowest BCUT2D eigenvalue weighted by Gasteiger charge is -1.96. The number of anilines is 1. The Labute approximate surface area is 132 Å². The number of nitrogens with one attached hydrogen (secondary N) is 1. The van der Waals surface area contributed by atoms with Gasteiger partial charge in [0, 0.05) is 18.4 Å². The van der Waals surface area contributed by atoms with Crippen molar-refractivity contribution in [2.45, 2.75) is 19.8 Å². The number of amides is 1. The van der Waals surface area contributed by atoms with Gasteiger partial charge < -0.3 is 0 Å². The summed E-state index contributed by atoms with van der Waals surface area (Å²) < 4.78 is 0. The molecule has 21 heavy (non-hydrogen) atoms. The first-order valence-electron chi connectivity index (χ1n) is 6.61. The van der Waals surface area contributed by atoms with E-state index in [2.05, 4.69) is 15.5 Å². The molecule has 1 N–H and O–H groups in total. The summed E-state index contributed by atoms with van der Waals surface area (Å²) in [7, 11) is 0. The smallest absolute Gasteiger partial charge is 0.250 e. The van der Waals surface area contributed by atoms with Gasteiger partial charge in [0.05, 0.1) is 0 Å². The molecular weight excluding hydrogens is 306 g/mol. The largest absolute Gasteiger partial charge is 0.297 e. The van der Waals surface area contributed by atoms with Crippen LogP contribution in [0.15, 0.2) is 30.3 Å². The molecule has 0 aliphatic rings. The Bertz CT molecular complexity index is 622. The van der Waals surface area contributed by atoms with Crippen LogP contribution >= 0.6 is 22.9 Å². The van der Waals surface area contributed by atoms with Gasteiger partial charge in [-0.25, -0.2) is 0 Å². The quantitative estimate of drug-likeness (QED) is 0.652. The Hall–Kier alpha value is -1.72. The molecule has 0 unspecified atom stereocenters. The molecule has 0 aliphatic carbocycles. The maximum Gasteiger partial charge on any atom is 0.250 e. The van der Waals surface area contributed by atoms with Crippen LogP contribution in [0.25, 0.3) is 6.08 Å². The minimum absolute atomic E-state index is 0.212. The van der Waals surface area contributed by atoms with E-state index in [1.54, 1.807) is 6.08 Å². The number of hydrogen-bond acceptors (Lipinski definition) is 4. The number of nitrogens with zero attached hydrogens (tertiary/aromatic N) is 2. The normalized spacial score (nSPS) is 11.0. The number of carbonyl (C=O) groups is 1. The summed E-state index contributed by atoms with van der Waals surface area (Å²) in [4.78, 5) is 11.8. The van der Waals surface area contributed by atoms with Crippen molar-refractivity contribution in [3.63, 3.8) is 0 Å². The van der Waals surface area contributed by atoms with Crippen LogP contribution in [-0.2, 0) is 11.2 Å². The minimum Gasteiger partial charge on any atom is -0.297 e. The zero-order valence-electron chi connectivity index (χ0n) is 11.7.